The van der Waals surface area contributed by atoms with Gasteiger partial charge in [-0.15, -0.1) is 0 Å². The molecule has 0 spiro atoms. The zero-order chi connectivity index (χ0) is 23.3. The second kappa shape index (κ2) is 9.58. The number of piperazine rings is 1. The number of allylic oxidation sites excluding steroid dienone is 1. The molecule has 1 saturated heterocycles. The highest BCUT2D eigenvalue weighted by molar-refractivity contribution is 6.05. The Bertz CT molecular complexity index is 891. The molecule has 1 aliphatic rings. The highest BCUT2D eigenvalue weighted by Gasteiger charge is 2.43. The van der Waals surface area contributed by atoms with E-state index >= 15 is 0 Å². The number of hydrogen-bond acceptors (Lipinski definition) is 8. The summed E-state index contributed by atoms with van der Waals surface area (Å²) in [6.45, 7) is 6.17. The zero-order valence-corrected chi connectivity index (χ0v) is 17.6. The van der Waals surface area contributed by atoms with Crippen LogP contribution < -0.4 is 21.2 Å². The number of benzene rings is 1. The summed E-state index contributed by atoms with van der Waals surface area (Å²) in [6.07, 6.45) is 1.61. The number of anilines is 1. The molecule has 0 saturated carbocycles. The lowest BCUT2D eigenvalue weighted by atomic mass is 9.95. The third-order valence-electron chi connectivity index (χ3n) is 4.36. The smallest absolute Gasteiger partial charge is 0.326 e. The van der Waals surface area contributed by atoms with Gasteiger partial charge in [-0.05, 0) is 44.0 Å². The minimum absolute atomic E-state index is 0.0473. The first-order chi connectivity index (χ1) is 14.4. The van der Waals surface area contributed by atoms with E-state index in [-0.39, 0.29) is 28.1 Å². The Morgan fingerprint density at radius 2 is 1.90 bits per heavy atom. The summed E-state index contributed by atoms with van der Waals surface area (Å²) in [5.74, 6) is -2.39. The van der Waals surface area contributed by atoms with Gasteiger partial charge in [0.05, 0.1) is 5.69 Å². The van der Waals surface area contributed by atoms with Gasteiger partial charge in [0.15, 0.2) is 0 Å². The molecule has 0 bridgehead atoms. The largest absolute Gasteiger partial charge is 0.733 e. The van der Waals surface area contributed by atoms with E-state index in [9.17, 15) is 24.4 Å². The van der Waals surface area contributed by atoms with Crippen molar-refractivity contribution in [3.63, 3.8) is 0 Å². The van der Waals surface area contributed by atoms with Crippen molar-refractivity contribution in [1.29, 1.82) is 0 Å². The quantitative estimate of drug-likeness (QED) is 0.276. The number of carbonyl (C=O) groups excluding carboxylic acids is 4. The summed E-state index contributed by atoms with van der Waals surface area (Å²) in [7, 11) is 0. The van der Waals surface area contributed by atoms with Crippen LogP contribution in [0.4, 0.5) is 5.69 Å². The van der Waals surface area contributed by atoms with Gasteiger partial charge in [-0.1, -0.05) is 19.9 Å². The number of nitrogens with zero attached hydrogens (tertiary/aromatic N) is 1. The third-order valence-corrected chi connectivity index (χ3v) is 4.36. The predicted octanol–water partition coefficient (Wildman–Crippen LogP) is 0.586. The molecule has 11 heteroatoms. The van der Waals surface area contributed by atoms with Gasteiger partial charge in [0.1, 0.15) is 23.9 Å². The Balaban J connectivity index is 1.94. The molecular formula is C20H25N4O7-. The van der Waals surface area contributed by atoms with Crippen molar-refractivity contribution < 1.29 is 29.1 Å². The SMILES string of the molecule is CC(C)/C=C1\NC(=O)[C@H](C(C)(C)OC(=O)CNC(=O)c2ccc(N([O-])O)cc2)NC1=O. The summed E-state index contributed by atoms with van der Waals surface area (Å²) in [4.78, 5) is 49.0. The molecule has 0 aliphatic carbocycles. The number of nitrogens with one attached hydrogen (secondary N) is 3. The van der Waals surface area contributed by atoms with Crippen molar-refractivity contribution in [3.05, 3.63) is 46.8 Å². The van der Waals surface area contributed by atoms with Crippen molar-refractivity contribution in [2.75, 3.05) is 11.8 Å². The van der Waals surface area contributed by atoms with Crippen LogP contribution in [-0.4, -0.2) is 47.1 Å². The van der Waals surface area contributed by atoms with Crippen LogP contribution >= 0.6 is 0 Å². The Morgan fingerprint density at radius 1 is 1.29 bits per heavy atom. The maximum absolute atomic E-state index is 12.4. The molecule has 1 heterocycles. The van der Waals surface area contributed by atoms with Crippen LogP contribution in [0.3, 0.4) is 0 Å². The molecule has 0 unspecified atom stereocenters. The minimum atomic E-state index is -1.38. The Kier molecular flexibility index (Phi) is 7.37. The number of amides is 3. The second-order valence-corrected chi connectivity index (χ2v) is 7.80. The van der Waals surface area contributed by atoms with Crippen LogP contribution in [0.5, 0.6) is 0 Å². The van der Waals surface area contributed by atoms with Gasteiger partial charge in [0, 0.05) is 5.56 Å². The molecule has 3 amide bonds. The van der Waals surface area contributed by atoms with Crippen molar-refractivity contribution in [2.24, 2.45) is 5.92 Å². The van der Waals surface area contributed by atoms with E-state index in [0.717, 1.165) is 0 Å². The standard InChI is InChI=1S/C20H25N4O7/c1-11(2)9-14-18(27)23-16(19(28)22-14)20(3,4)31-15(25)10-21-17(26)12-5-7-13(8-6-12)24(29)30/h5-9,11,16,29H,10H2,1-4H3,(H,21,26)(H,22,28)(H,23,27)/q-1/b14-9-/t16-/m1/s1. The van der Waals surface area contributed by atoms with Gasteiger partial charge < -0.3 is 31.1 Å². The third kappa shape index (κ3) is 6.27. The molecule has 0 radical (unpaired) electrons. The van der Waals surface area contributed by atoms with E-state index in [1.807, 2.05) is 13.8 Å². The van der Waals surface area contributed by atoms with Crippen molar-refractivity contribution in [3.8, 4) is 0 Å². The first-order valence-electron chi connectivity index (χ1n) is 9.50. The molecular weight excluding hydrogens is 408 g/mol. The van der Waals surface area contributed by atoms with Crippen LogP contribution in [-0.2, 0) is 19.1 Å². The average Bonchev–Trinajstić information content (AvgIpc) is 2.67. The minimum Gasteiger partial charge on any atom is -0.733 e. The summed E-state index contributed by atoms with van der Waals surface area (Å²) < 4.78 is 5.32. The highest BCUT2D eigenvalue weighted by Crippen LogP contribution is 2.19. The van der Waals surface area contributed by atoms with Gasteiger partial charge in [-0.2, -0.15) is 0 Å². The Hall–Kier alpha value is -3.44. The molecule has 31 heavy (non-hydrogen) atoms. The fraction of sp³-hybridized carbons (Fsp3) is 0.400. The first kappa shape index (κ1) is 23.8. The number of esters is 1. The van der Waals surface area contributed by atoms with Gasteiger partial charge in [0.25, 0.3) is 17.7 Å². The molecule has 11 nitrogen and oxygen atoms in total. The molecule has 0 aromatic heterocycles. The fourth-order valence-electron chi connectivity index (χ4n) is 2.86. The molecule has 1 fully saturated rings. The predicted molar refractivity (Wildman–Crippen MR) is 110 cm³/mol. The fourth-order valence-corrected chi connectivity index (χ4v) is 2.86. The topological polar surface area (TPSA) is 160 Å². The molecule has 1 aliphatic heterocycles. The zero-order valence-electron chi connectivity index (χ0n) is 17.6. The van der Waals surface area contributed by atoms with E-state index in [1.165, 1.54) is 38.1 Å². The summed E-state index contributed by atoms with van der Waals surface area (Å²) in [6, 6.07) is 3.94. The molecule has 1 aromatic carbocycles. The molecule has 4 N–H and O–H groups in total. The summed E-state index contributed by atoms with van der Waals surface area (Å²) >= 11 is 0. The van der Waals surface area contributed by atoms with E-state index in [4.69, 9.17) is 9.94 Å². The van der Waals surface area contributed by atoms with Crippen LogP contribution in [0, 0.1) is 11.1 Å². The summed E-state index contributed by atoms with van der Waals surface area (Å²) in [5, 5.41) is 26.6. The van der Waals surface area contributed by atoms with E-state index in [2.05, 4.69) is 16.0 Å². The first-order valence-corrected chi connectivity index (χ1v) is 9.50. The number of hydrogen-bond donors (Lipinski definition) is 4. The van der Waals surface area contributed by atoms with E-state index in [1.54, 1.807) is 6.08 Å². The van der Waals surface area contributed by atoms with Crippen molar-refractivity contribution in [1.82, 2.24) is 16.0 Å². The number of carbonyl (C=O) groups is 4. The number of rotatable bonds is 7. The Labute approximate surface area is 179 Å². The maximum Gasteiger partial charge on any atom is 0.326 e. The maximum atomic E-state index is 12.4. The van der Waals surface area contributed by atoms with Crippen molar-refractivity contribution in [2.45, 2.75) is 39.3 Å². The number of ether oxygens (including phenoxy) is 1. The summed E-state index contributed by atoms with van der Waals surface area (Å²) in [5.41, 5.74) is -1.15. The van der Waals surface area contributed by atoms with Crippen LogP contribution in [0.1, 0.15) is 38.1 Å². The average molecular weight is 433 g/mol. The van der Waals surface area contributed by atoms with Crippen LogP contribution in [0.25, 0.3) is 0 Å². The monoisotopic (exact) mass is 433 g/mol. The lowest BCUT2D eigenvalue weighted by Crippen LogP contribution is -2.64. The highest BCUT2D eigenvalue weighted by atomic mass is 16.8. The van der Waals surface area contributed by atoms with Gasteiger partial charge in [0.2, 0.25) is 0 Å². The van der Waals surface area contributed by atoms with E-state index in [0.29, 0.717) is 0 Å². The van der Waals surface area contributed by atoms with Gasteiger partial charge in [-0.25, -0.2) is 0 Å². The normalized spacial score (nSPS) is 17.8. The molecule has 2 rings (SSSR count). The molecule has 1 aromatic rings. The van der Waals surface area contributed by atoms with Gasteiger partial charge in [-0.3, -0.25) is 24.4 Å². The van der Waals surface area contributed by atoms with Crippen molar-refractivity contribution >= 4 is 29.4 Å². The van der Waals surface area contributed by atoms with Crippen LogP contribution in [0.2, 0.25) is 0 Å². The molecule has 1 atom stereocenters. The second-order valence-electron chi connectivity index (χ2n) is 7.80. The lowest BCUT2D eigenvalue weighted by molar-refractivity contribution is -0.162. The Morgan fingerprint density at radius 3 is 2.45 bits per heavy atom. The molecule has 168 valence electrons. The van der Waals surface area contributed by atoms with E-state index < -0.39 is 41.9 Å². The van der Waals surface area contributed by atoms with Crippen LogP contribution in [0.15, 0.2) is 36.0 Å². The van der Waals surface area contributed by atoms with Gasteiger partial charge >= 0.3 is 5.97 Å². The lowest BCUT2D eigenvalue weighted by Gasteiger charge is -2.36.